The fourth-order valence-corrected chi connectivity index (χ4v) is 4.55. The van der Waals surface area contributed by atoms with Crippen molar-refractivity contribution in [2.45, 2.75) is 44.7 Å². The first-order valence-corrected chi connectivity index (χ1v) is 11.4. The molecule has 0 atom stereocenters. The zero-order chi connectivity index (χ0) is 21.7. The van der Waals surface area contributed by atoms with Crippen LogP contribution in [0.4, 0.5) is 18.9 Å². The van der Waals surface area contributed by atoms with Crippen LogP contribution in [0, 0.1) is 0 Å². The first kappa shape index (κ1) is 22.0. The highest BCUT2D eigenvalue weighted by Gasteiger charge is 2.31. The second-order valence-corrected chi connectivity index (χ2v) is 8.57. The molecular weight excluding hydrogens is 401 g/mol. The third kappa shape index (κ3) is 5.94. The van der Waals surface area contributed by atoms with Crippen LogP contribution in [0.15, 0.2) is 42.5 Å². The molecule has 0 saturated carbocycles. The molecule has 0 aromatic heterocycles. The number of alkyl halides is 3. The lowest BCUT2D eigenvalue weighted by Crippen LogP contribution is -2.46. The summed E-state index contributed by atoms with van der Waals surface area (Å²) in [6, 6.07) is 12.2. The molecule has 1 fully saturated rings. The lowest BCUT2D eigenvalue weighted by molar-refractivity contribution is -0.137. The van der Waals surface area contributed by atoms with Crippen LogP contribution in [0.2, 0.25) is 0 Å². The smallest absolute Gasteiger partial charge is 0.416 e. The number of unbranched alkanes of at least 4 members (excludes halogenated alkanes) is 2. The molecule has 2 aliphatic rings. The van der Waals surface area contributed by atoms with E-state index >= 15 is 0 Å². The Morgan fingerprint density at radius 2 is 1.65 bits per heavy atom. The van der Waals surface area contributed by atoms with E-state index in [4.69, 9.17) is 4.74 Å². The molecule has 168 valence electrons. The highest BCUT2D eigenvalue weighted by atomic mass is 19.4. The molecule has 1 saturated heterocycles. The van der Waals surface area contributed by atoms with Gasteiger partial charge in [0.2, 0.25) is 0 Å². The molecule has 2 aromatic carbocycles. The van der Waals surface area contributed by atoms with E-state index in [1.807, 2.05) is 0 Å². The van der Waals surface area contributed by atoms with Gasteiger partial charge in [-0.1, -0.05) is 12.1 Å². The minimum absolute atomic E-state index is 0.575. The van der Waals surface area contributed by atoms with E-state index in [1.165, 1.54) is 42.5 Å². The number of anilines is 1. The van der Waals surface area contributed by atoms with Gasteiger partial charge >= 0.3 is 6.18 Å². The van der Waals surface area contributed by atoms with Crippen LogP contribution >= 0.6 is 0 Å². The van der Waals surface area contributed by atoms with E-state index in [1.54, 1.807) is 6.07 Å². The van der Waals surface area contributed by atoms with Gasteiger partial charge in [-0.05, 0) is 86.5 Å². The van der Waals surface area contributed by atoms with E-state index in [9.17, 15) is 13.2 Å². The third-order valence-electron chi connectivity index (χ3n) is 6.37. The number of benzene rings is 2. The Morgan fingerprint density at radius 1 is 0.839 bits per heavy atom. The van der Waals surface area contributed by atoms with Crippen molar-refractivity contribution in [2.75, 3.05) is 44.2 Å². The maximum Gasteiger partial charge on any atom is 0.416 e. The fourth-order valence-electron chi connectivity index (χ4n) is 4.55. The zero-order valence-corrected chi connectivity index (χ0v) is 18.0. The molecule has 1 heterocycles. The lowest BCUT2D eigenvalue weighted by Gasteiger charge is -2.36. The molecule has 6 heteroatoms. The van der Waals surface area contributed by atoms with Gasteiger partial charge in [-0.25, -0.2) is 0 Å². The molecule has 4 rings (SSSR count). The molecule has 1 aliphatic heterocycles. The summed E-state index contributed by atoms with van der Waals surface area (Å²) < 4.78 is 44.7. The Balaban J connectivity index is 1.11. The van der Waals surface area contributed by atoms with Crippen LogP contribution in [0.5, 0.6) is 5.75 Å². The number of rotatable bonds is 8. The summed E-state index contributed by atoms with van der Waals surface area (Å²) in [5.74, 6) is 0.992. The predicted molar refractivity (Wildman–Crippen MR) is 118 cm³/mol. The summed E-state index contributed by atoms with van der Waals surface area (Å²) in [7, 11) is 0. The van der Waals surface area contributed by atoms with Crippen LogP contribution in [0.3, 0.4) is 0 Å². The minimum atomic E-state index is -4.29. The van der Waals surface area contributed by atoms with Gasteiger partial charge in [0.25, 0.3) is 0 Å². The van der Waals surface area contributed by atoms with Gasteiger partial charge in [0.05, 0.1) is 12.2 Å². The van der Waals surface area contributed by atoms with E-state index in [-0.39, 0.29) is 0 Å². The molecule has 0 bridgehead atoms. The molecule has 1 aliphatic carbocycles. The normalized spacial score (nSPS) is 17.1. The second kappa shape index (κ2) is 9.94. The molecule has 3 nitrogen and oxygen atoms in total. The Labute approximate surface area is 182 Å². The lowest BCUT2D eigenvalue weighted by atomic mass is 10.1. The van der Waals surface area contributed by atoms with E-state index < -0.39 is 11.7 Å². The SMILES string of the molecule is FC(F)(F)c1cccc(N2CCN(CCCCCOc3ccc4c(c3)CCC4)CC2)c1. The van der Waals surface area contributed by atoms with Crippen LogP contribution in [-0.2, 0) is 19.0 Å². The van der Waals surface area contributed by atoms with Crippen LogP contribution < -0.4 is 9.64 Å². The van der Waals surface area contributed by atoms with Gasteiger partial charge in [-0.15, -0.1) is 0 Å². The fraction of sp³-hybridized carbons (Fsp3) is 0.520. The van der Waals surface area contributed by atoms with Gasteiger partial charge < -0.3 is 9.64 Å². The van der Waals surface area contributed by atoms with Crippen LogP contribution in [-0.4, -0.2) is 44.2 Å². The van der Waals surface area contributed by atoms with Crippen molar-refractivity contribution in [3.05, 3.63) is 59.2 Å². The topological polar surface area (TPSA) is 15.7 Å². The second-order valence-electron chi connectivity index (χ2n) is 8.57. The Morgan fingerprint density at radius 3 is 2.45 bits per heavy atom. The van der Waals surface area contributed by atoms with Crippen LogP contribution in [0.25, 0.3) is 0 Å². The maximum atomic E-state index is 12.9. The highest BCUT2D eigenvalue weighted by Crippen LogP contribution is 2.32. The summed E-state index contributed by atoms with van der Waals surface area (Å²) in [4.78, 5) is 4.46. The summed E-state index contributed by atoms with van der Waals surface area (Å²) in [6.45, 7) is 5.10. The summed E-state index contributed by atoms with van der Waals surface area (Å²) in [5.41, 5.74) is 3.01. The predicted octanol–water partition coefficient (Wildman–Crippen LogP) is 5.57. The van der Waals surface area contributed by atoms with Crippen molar-refractivity contribution in [1.82, 2.24) is 4.90 Å². The van der Waals surface area contributed by atoms with Crippen molar-refractivity contribution in [1.29, 1.82) is 0 Å². The molecule has 0 radical (unpaired) electrons. The first-order valence-electron chi connectivity index (χ1n) is 11.4. The molecule has 2 aromatic rings. The number of ether oxygens (including phenoxy) is 1. The van der Waals surface area contributed by atoms with Crippen molar-refractivity contribution in [3.8, 4) is 5.75 Å². The van der Waals surface area contributed by atoms with Gasteiger partial charge in [0.15, 0.2) is 0 Å². The van der Waals surface area contributed by atoms with Crippen molar-refractivity contribution < 1.29 is 17.9 Å². The Hall–Kier alpha value is -2.21. The summed E-state index contributed by atoms with van der Waals surface area (Å²) in [6.07, 6.45) is 2.63. The van der Waals surface area contributed by atoms with E-state index in [0.717, 1.165) is 70.4 Å². The number of halogens is 3. The number of nitrogens with zero attached hydrogens (tertiary/aromatic N) is 2. The third-order valence-corrected chi connectivity index (χ3v) is 6.37. The zero-order valence-electron chi connectivity index (χ0n) is 18.0. The number of hydrogen-bond acceptors (Lipinski definition) is 3. The number of hydrogen-bond donors (Lipinski definition) is 0. The van der Waals surface area contributed by atoms with Gasteiger partial charge in [0.1, 0.15) is 5.75 Å². The number of aryl methyl sites for hydroxylation is 2. The molecule has 0 spiro atoms. The molecular formula is C25H31F3N2O. The monoisotopic (exact) mass is 432 g/mol. The Bertz CT molecular complexity index is 860. The quantitative estimate of drug-likeness (QED) is 0.508. The minimum Gasteiger partial charge on any atom is -0.494 e. The molecule has 0 amide bonds. The summed E-state index contributed by atoms with van der Waals surface area (Å²) >= 11 is 0. The van der Waals surface area contributed by atoms with Gasteiger partial charge in [-0.3, -0.25) is 4.90 Å². The summed E-state index contributed by atoms with van der Waals surface area (Å²) in [5, 5.41) is 0. The van der Waals surface area contributed by atoms with Crippen molar-refractivity contribution in [2.24, 2.45) is 0 Å². The molecule has 0 N–H and O–H groups in total. The largest absolute Gasteiger partial charge is 0.494 e. The number of piperazine rings is 1. The van der Waals surface area contributed by atoms with Gasteiger partial charge in [0, 0.05) is 31.9 Å². The standard InChI is InChI=1S/C25H31F3N2O/c26-25(27,28)22-8-5-9-23(19-22)30-15-13-29(14-16-30)12-2-1-3-17-31-24-11-10-20-6-4-7-21(20)18-24/h5,8-11,18-19H,1-4,6-7,12-17H2. The van der Waals surface area contributed by atoms with Crippen molar-refractivity contribution in [3.63, 3.8) is 0 Å². The van der Waals surface area contributed by atoms with Gasteiger partial charge in [-0.2, -0.15) is 13.2 Å². The van der Waals surface area contributed by atoms with E-state index in [0.29, 0.717) is 5.69 Å². The average Bonchev–Trinajstić information content (AvgIpc) is 3.24. The highest BCUT2D eigenvalue weighted by molar-refractivity contribution is 5.49. The van der Waals surface area contributed by atoms with Crippen LogP contribution in [0.1, 0.15) is 42.4 Å². The average molecular weight is 433 g/mol. The molecule has 0 unspecified atom stereocenters. The first-order chi connectivity index (χ1) is 15.0. The maximum absolute atomic E-state index is 12.9. The Kier molecular flexibility index (Phi) is 7.06. The van der Waals surface area contributed by atoms with Crippen molar-refractivity contribution >= 4 is 5.69 Å². The van der Waals surface area contributed by atoms with E-state index in [2.05, 4.69) is 28.0 Å². The molecule has 31 heavy (non-hydrogen) atoms. The number of fused-ring (bicyclic) bond motifs is 1.